The fourth-order valence-corrected chi connectivity index (χ4v) is 3.94. The van der Waals surface area contributed by atoms with Crippen molar-refractivity contribution in [1.29, 1.82) is 0 Å². The van der Waals surface area contributed by atoms with Gasteiger partial charge in [-0.3, -0.25) is 4.99 Å². The second-order valence-electron chi connectivity index (χ2n) is 6.44. The van der Waals surface area contributed by atoms with Gasteiger partial charge in [0.2, 0.25) is 10.0 Å². The van der Waals surface area contributed by atoms with Crippen LogP contribution in [0.15, 0.2) is 29.3 Å². The molecule has 8 heteroatoms. The van der Waals surface area contributed by atoms with Gasteiger partial charge in [0.15, 0.2) is 5.96 Å². The van der Waals surface area contributed by atoms with Crippen LogP contribution in [-0.4, -0.2) is 33.2 Å². The zero-order valence-corrected chi connectivity index (χ0v) is 18.0. The van der Waals surface area contributed by atoms with Crippen molar-refractivity contribution in [3.8, 4) is 0 Å². The van der Waals surface area contributed by atoms with E-state index < -0.39 is 10.0 Å². The van der Waals surface area contributed by atoms with E-state index in [1.54, 1.807) is 0 Å². The molecule has 1 aliphatic carbocycles. The highest BCUT2D eigenvalue weighted by atomic mass is 127. The summed E-state index contributed by atoms with van der Waals surface area (Å²) >= 11 is 0. The van der Waals surface area contributed by atoms with Crippen LogP contribution in [0.25, 0.3) is 0 Å². The van der Waals surface area contributed by atoms with E-state index in [0.717, 1.165) is 37.8 Å². The van der Waals surface area contributed by atoms with E-state index in [-0.39, 0.29) is 35.9 Å². The van der Waals surface area contributed by atoms with E-state index in [1.165, 1.54) is 11.8 Å². The predicted molar refractivity (Wildman–Crippen MR) is 115 cm³/mol. The summed E-state index contributed by atoms with van der Waals surface area (Å²) < 4.78 is 25.7. The monoisotopic (exact) mass is 480 g/mol. The van der Waals surface area contributed by atoms with Crippen LogP contribution < -0.4 is 15.8 Å². The minimum Gasteiger partial charge on any atom is -0.370 e. The van der Waals surface area contributed by atoms with Crippen LogP contribution >= 0.6 is 24.0 Å². The van der Waals surface area contributed by atoms with Crippen LogP contribution in [0.3, 0.4) is 0 Å². The quantitative estimate of drug-likeness (QED) is 0.332. The lowest BCUT2D eigenvalue weighted by atomic mass is 9.85. The van der Waals surface area contributed by atoms with Gasteiger partial charge in [0, 0.05) is 18.3 Å². The minimum absolute atomic E-state index is 0. The number of nitrogens with zero attached hydrogens (tertiary/aromatic N) is 1. The van der Waals surface area contributed by atoms with Gasteiger partial charge < -0.3 is 11.1 Å². The van der Waals surface area contributed by atoms with Crippen LogP contribution in [0.2, 0.25) is 0 Å². The number of benzene rings is 1. The highest BCUT2D eigenvalue weighted by molar-refractivity contribution is 14.0. The van der Waals surface area contributed by atoms with Gasteiger partial charge >= 0.3 is 0 Å². The van der Waals surface area contributed by atoms with Crippen LogP contribution in [0.1, 0.15) is 38.2 Å². The first-order valence-electron chi connectivity index (χ1n) is 8.50. The SMILES string of the molecule is CCc1ccc(NC(N)=NCC2CCCCC2NS(C)(=O)=O)cc1.I. The van der Waals surface area contributed by atoms with Crippen molar-refractivity contribution < 1.29 is 8.42 Å². The van der Waals surface area contributed by atoms with Crippen LogP contribution in [0.5, 0.6) is 0 Å². The van der Waals surface area contributed by atoms with Crippen molar-refractivity contribution in [2.75, 3.05) is 18.1 Å². The topological polar surface area (TPSA) is 96.6 Å². The Kier molecular flexibility index (Phi) is 9.15. The third-order valence-electron chi connectivity index (χ3n) is 4.41. The lowest BCUT2D eigenvalue weighted by molar-refractivity contribution is 0.297. The maximum absolute atomic E-state index is 11.5. The molecule has 0 saturated heterocycles. The van der Waals surface area contributed by atoms with Gasteiger partial charge in [0.25, 0.3) is 0 Å². The maximum Gasteiger partial charge on any atom is 0.208 e. The zero-order valence-electron chi connectivity index (χ0n) is 14.9. The van der Waals surface area contributed by atoms with E-state index in [1.807, 2.05) is 12.1 Å². The van der Waals surface area contributed by atoms with Crippen molar-refractivity contribution in [3.63, 3.8) is 0 Å². The van der Waals surface area contributed by atoms with Gasteiger partial charge in [-0.05, 0) is 42.9 Å². The molecule has 0 aromatic heterocycles. The number of halogens is 1. The molecule has 1 aliphatic rings. The molecule has 0 radical (unpaired) electrons. The molecule has 0 heterocycles. The van der Waals surface area contributed by atoms with Gasteiger partial charge in [-0.25, -0.2) is 13.1 Å². The summed E-state index contributed by atoms with van der Waals surface area (Å²) in [5.41, 5.74) is 8.14. The Labute approximate surface area is 168 Å². The normalized spacial score (nSPS) is 21.4. The molecule has 2 rings (SSSR count). The number of aryl methyl sites for hydroxylation is 1. The first-order valence-corrected chi connectivity index (χ1v) is 10.4. The van der Waals surface area contributed by atoms with E-state index in [4.69, 9.17) is 5.73 Å². The standard InChI is InChI=1S/C17H28N4O2S.HI/c1-3-13-8-10-15(11-9-13)20-17(18)19-12-14-6-4-5-7-16(14)21-24(2,22)23;/h8-11,14,16,21H,3-7,12H2,1-2H3,(H3,18,19,20);1H. The first kappa shape index (κ1) is 22.2. The molecule has 1 aromatic rings. The third-order valence-corrected chi connectivity index (χ3v) is 5.14. The number of rotatable bonds is 6. The molecule has 1 fully saturated rings. The zero-order chi connectivity index (χ0) is 17.6. The number of guanidine groups is 1. The summed E-state index contributed by atoms with van der Waals surface area (Å²) in [5, 5.41) is 3.08. The average Bonchev–Trinajstić information content (AvgIpc) is 2.53. The van der Waals surface area contributed by atoms with Crippen LogP contribution in [0, 0.1) is 5.92 Å². The highest BCUT2D eigenvalue weighted by Gasteiger charge is 2.27. The Bertz CT molecular complexity index is 662. The average molecular weight is 480 g/mol. The number of hydrogen-bond acceptors (Lipinski definition) is 3. The summed E-state index contributed by atoms with van der Waals surface area (Å²) in [5.74, 6) is 0.555. The molecule has 4 N–H and O–H groups in total. The molecule has 0 bridgehead atoms. The van der Waals surface area contributed by atoms with Gasteiger partial charge in [0.05, 0.1) is 6.26 Å². The smallest absolute Gasteiger partial charge is 0.208 e. The molecular weight excluding hydrogens is 451 g/mol. The minimum atomic E-state index is -3.20. The Morgan fingerprint density at radius 2 is 1.88 bits per heavy atom. The molecule has 1 aromatic carbocycles. The second kappa shape index (κ2) is 10.3. The van der Waals surface area contributed by atoms with Gasteiger partial charge in [-0.1, -0.05) is 31.9 Å². The molecular formula is C17H29IN4O2S. The van der Waals surface area contributed by atoms with E-state index in [2.05, 4.69) is 34.1 Å². The predicted octanol–water partition coefficient (Wildman–Crippen LogP) is 2.70. The fraction of sp³-hybridized carbons (Fsp3) is 0.588. The van der Waals surface area contributed by atoms with E-state index in [9.17, 15) is 8.42 Å². The highest BCUT2D eigenvalue weighted by Crippen LogP contribution is 2.25. The van der Waals surface area contributed by atoms with Gasteiger partial charge in [-0.15, -0.1) is 24.0 Å². The molecule has 2 atom stereocenters. The first-order chi connectivity index (χ1) is 11.4. The van der Waals surface area contributed by atoms with E-state index in [0.29, 0.717) is 12.5 Å². The molecule has 2 unspecified atom stereocenters. The van der Waals surface area contributed by atoms with Crippen LogP contribution in [0.4, 0.5) is 5.69 Å². The summed E-state index contributed by atoms with van der Waals surface area (Å²) in [4.78, 5) is 4.41. The number of hydrogen-bond donors (Lipinski definition) is 3. The molecule has 0 aliphatic heterocycles. The second-order valence-corrected chi connectivity index (χ2v) is 8.22. The molecule has 1 saturated carbocycles. The maximum atomic E-state index is 11.5. The summed E-state index contributed by atoms with van der Waals surface area (Å²) in [7, 11) is -3.20. The summed E-state index contributed by atoms with van der Waals surface area (Å²) in [6.45, 7) is 2.64. The molecule has 6 nitrogen and oxygen atoms in total. The van der Waals surface area contributed by atoms with Crippen molar-refractivity contribution in [2.24, 2.45) is 16.6 Å². The number of aliphatic imine (C=N–C) groups is 1. The van der Waals surface area contributed by atoms with Crippen molar-refractivity contribution >= 4 is 45.6 Å². The van der Waals surface area contributed by atoms with Gasteiger partial charge in [-0.2, -0.15) is 0 Å². The Morgan fingerprint density at radius 1 is 1.24 bits per heavy atom. The molecule has 25 heavy (non-hydrogen) atoms. The fourth-order valence-electron chi connectivity index (χ4n) is 3.08. The Hall–Kier alpha value is -0.870. The summed E-state index contributed by atoms with van der Waals surface area (Å²) in [6.07, 6.45) is 6.19. The molecule has 0 amide bonds. The van der Waals surface area contributed by atoms with Crippen LogP contribution in [-0.2, 0) is 16.4 Å². The Balaban J connectivity index is 0.00000312. The molecule has 142 valence electrons. The lowest BCUT2D eigenvalue weighted by Crippen LogP contribution is -2.43. The van der Waals surface area contributed by atoms with Crippen molar-refractivity contribution in [2.45, 2.75) is 45.1 Å². The number of nitrogens with one attached hydrogen (secondary N) is 2. The van der Waals surface area contributed by atoms with Gasteiger partial charge in [0.1, 0.15) is 0 Å². The third kappa shape index (κ3) is 7.91. The van der Waals surface area contributed by atoms with Crippen molar-refractivity contribution in [1.82, 2.24) is 4.72 Å². The number of anilines is 1. The lowest BCUT2D eigenvalue weighted by Gasteiger charge is -2.30. The Morgan fingerprint density at radius 3 is 2.48 bits per heavy atom. The summed E-state index contributed by atoms with van der Waals surface area (Å²) in [6, 6.07) is 8.03. The molecule has 0 spiro atoms. The largest absolute Gasteiger partial charge is 0.370 e. The number of sulfonamides is 1. The number of nitrogens with two attached hydrogens (primary N) is 1. The van der Waals surface area contributed by atoms with E-state index >= 15 is 0 Å². The van der Waals surface area contributed by atoms with Crippen molar-refractivity contribution in [3.05, 3.63) is 29.8 Å².